The van der Waals surface area contributed by atoms with Gasteiger partial charge >= 0.3 is 0 Å². The summed E-state index contributed by atoms with van der Waals surface area (Å²) < 4.78 is 1.44. The molecule has 1 aliphatic carbocycles. The van der Waals surface area contributed by atoms with E-state index in [1.54, 1.807) is 12.1 Å². The second-order valence-electron chi connectivity index (χ2n) is 6.81. The Labute approximate surface area is 165 Å². The number of halogens is 2. The van der Waals surface area contributed by atoms with Gasteiger partial charge in [-0.25, -0.2) is 0 Å². The van der Waals surface area contributed by atoms with E-state index in [4.69, 9.17) is 23.2 Å². The topological polar surface area (TPSA) is 50.2 Å². The van der Waals surface area contributed by atoms with Crippen molar-refractivity contribution in [3.63, 3.8) is 0 Å². The maximum atomic E-state index is 12.8. The lowest BCUT2D eigenvalue weighted by Crippen LogP contribution is -2.14. The Kier molecular flexibility index (Phi) is 3.85. The lowest BCUT2D eigenvalue weighted by Gasteiger charge is -2.07. The normalized spacial score (nSPS) is 14.0. The van der Waals surface area contributed by atoms with Gasteiger partial charge in [-0.05, 0) is 30.5 Å². The molecule has 4 aromatic rings. The number of benzene rings is 2. The quantitative estimate of drug-likeness (QED) is 0.494. The molecule has 1 aliphatic rings. The van der Waals surface area contributed by atoms with E-state index in [2.05, 4.69) is 10.1 Å². The van der Waals surface area contributed by atoms with Gasteiger partial charge in [-0.15, -0.1) is 0 Å². The fourth-order valence-corrected chi connectivity index (χ4v) is 3.93. The number of hydrogen-bond donors (Lipinski definition) is 1. The van der Waals surface area contributed by atoms with E-state index < -0.39 is 0 Å². The molecule has 0 amide bonds. The van der Waals surface area contributed by atoms with Gasteiger partial charge in [0.05, 0.1) is 16.4 Å². The molecule has 4 nitrogen and oxygen atoms in total. The molecule has 6 heteroatoms. The summed E-state index contributed by atoms with van der Waals surface area (Å²) >= 11 is 12.6. The third-order valence-electron chi connectivity index (χ3n) is 4.89. The zero-order valence-corrected chi connectivity index (χ0v) is 15.8. The van der Waals surface area contributed by atoms with Crippen molar-refractivity contribution in [2.24, 2.45) is 0 Å². The molecule has 1 fully saturated rings. The summed E-state index contributed by atoms with van der Waals surface area (Å²) in [6, 6.07) is 16.8. The lowest BCUT2D eigenvalue weighted by molar-refractivity contribution is 0.855. The smallest absolute Gasteiger partial charge is 0.274 e. The van der Waals surface area contributed by atoms with E-state index in [0.717, 1.165) is 40.9 Å². The van der Waals surface area contributed by atoms with Crippen LogP contribution in [0.3, 0.4) is 0 Å². The Morgan fingerprint density at radius 3 is 2.52 bits per heavy atom. The largest absolute Gasteiger partial charge is 0.339 e. The maximum Gasteiger partial charge on any atom is 0.274 e. The highest BCUT2D eigenvalue weighted by atomic mass is 35.5. The fourth-order valence-electron chi connectivity index (χ4n) is 3.43. The number of fused-ring (bicyclic) bond motifs is 1. The van der Waals surface area contributed by atoms with Crippen molar-refractivity contribution in [3.8, 4) is 22.4 Å². The zero-order chi connectivity index (χ0) is 18.5. The lowest BCUT2D eigenvalue weighted by atomic mass is 10.0. The van der Waals surface area contributed by atoms with Gasteiger partial charge in [0.25, 0.3) is 5.56 Å². The van der Waals surface area contributed by atoms with Crippen LogP contribution in [-0.2, 0) is 0 Å². The average Bonchev–Trinajstić information content (AvgIpc) is 3.44. The Hall–Kier alpha value is -2.56. The summed E-state index contributed by atoms with van der Waals surface area (Å²) in [7, 11) is 0. The monoisotopic (exact) mass is 395 g/mol. The van der Waals surface area contributed by atoms with Gasteiger partial charge in [-0.2, -0.15) is 9.61 Å². The Morgan fingerprint density at radius 2 is 1.81 bits per heavy atom. The minimum absolute atomic E-state index is 0.166. The van der Waals surface area contributed by atoms with Crippen molar-refractivity contribution in [2.45, 2.75) is 18.8 Å². The van der Waals surface area contributed by atoms with Crippen LogP contribution in [0.25, 0.3) is 28.0 Å². The molecule has 0 saturated heterocycles. The van der Waals surface area contributed by atoms with Crippen LogP contribution >= 0.6 is 23.2 Å². The molecule has 27 heavy (non-hydrogen) atoms. The predicted molar refractivity (Wildman–Crippen MR) is 109 cm³/mol. The van der Waals surface area contributed by atoms with E-state index in [1.165, 1.54) is 4.52 Å². The van der Waals surface area contributed by atoms with Crippen LogP contribution < -0.4 is 5.56 Å². The predicted octanol–water partition coefficient (Wildman–Crippen LogP) is 5.54. The minimum atomic E-state index is -0.166. The standard InChI is InChI=1S/C21H15Cl2N3O/c22-14-8-9-15(16(23)10-14)19-20(13-6-7-13)25-26-18(27)11-17(24-21(19)26)12-4-2-1-3-5-12/h1-5,8-11,13,24H,6-7H2. The van der Waals surface area contributed by atoms with Crippen molar-refractivity contribution in [1.29, 1.82) is 0 Å². The van der Waals surface area contributed by atoms with Gasteiger partial charge in [-0.1, -0.05) is 59.6 Å². The van der Waals surface area contributed by atoms with Crippen LogP contribution in [0, 0.1) is 0 Å². The molecule has 1 saturated carbocycles. The van der Waals surface area contributed by atoms with Crippen LogP contribution in [0.15, 0.2) is 59.4 Å². The fraction of sp³-hybridized carbons (Fsp3) is 0.143. The number of rotatable bonds is 3. The molecule has 0 bridgehead atoms. The second kappa shape index (κ2) is 6.25. The van der Waals surface area contributed by atoms with Gasteiger partial charge in [-0.3, -0.25) is 4.79 Å². The molecular formula is C21H15Cl2N3O. The summed E-state index contributed by atoms with van der Waals surface area (Å²) in [6.07, 6.45) is 2.14. The summed E-state index contributed by atoms with van der Waals surface area (Å²) in [5, 5.41) is 5.75. The van der Waals surface area contributed by atoms with Crippen LogP contribution in [0.1, 0.15) is 24.5 Å². The third-order valence-corrected chi connectivity index (χ3v) is 5.44. The summed E-state index contributed by atoms with van der Waals surface area (Å²) in [4.78, 5) is 16.2. The molecule has 2 aromatic carbocycles. The first kappa shape index (κ1) is 16.6. The molecular weight excluding hydrogens is 381 g/mol. The summed E-state index contributed by atoms with van der Waals surface area (Å²) in [5.74, 6) is 0.361. The van der Waals surface area contributed by atoms with Crippen molar-refractivity contribution >= 4 is 28.8 Å². The number of aromatic amines is 1. The molecule has 2 heterocycles. The van der Waals surface area contributed by atoms with E-state index in [0.29, 0.717) is 21.6 Å². The first-order chi connectivity index (χ1) is 13.1. The Balaban J connectivity index is 1.83. The van der Waals surface area contributed by atoms with Gasteiger partial charge in [0.15, 0.2) is 0 Å². The Bertz CT molecular complexity index is 1220. The van der Waals surface area contributed by atoms with Crippen LogP contribution in [0.4, 0.5) is 0 Å². The molecule has 0 radical (unpaired) electrons. The van der Waals surface area contributed by atoms with E-state index in [1.807, 2.05) is 42.5 Å². The molecule has 5 rings (SSSR count). The molecule has 0 aliphatic heterocycles. The maximum absolute atomic E-state index is 12.8. The van der Waals surface area contributed by atoms with Gasteiger partial charge < -0.3 is 4.98 Å². The number of hydrogen-bond acceptors (Lipinski definition) is 2. The molecule has 134 valence electrons. The first-order valence-electron chi connectivity index (χ1n) is 8.78. The Morgan fingerprint density at radius 1 is 1.04 bits per heavy atom. The number of H-pyrrole nitrogens is 1. The van der Waals surface area contributed by atoms with Crippen molar-refractivity contribution in [2.75, 3.05) is 0 Å². The van der Waals surface area contributed by atoms with Gasteiger partial charge in [0.2, 0.25) is 0 Å². The van der Waals surface area contributed by atoms with E-state index in [-0.39, 0.29) is 5.56 Å². The van der Waals surface area contributed by atoms with Crippen LogP contribution in [0.2, 0.25) is 10.0 Å². The van der Waals surface area contributed by atoms with E-state index in [9.17, 15) is 4.79 Å². The van der Waals surface area contributed by atoms with Gasteiger partial charge in [0, 0.05) is 28.1 Å². The zero-order valence-electron chi connectivity index (χ0n) is 14.2. The average molecular weight is 396 g/mol. The first-order valence-corrected chi connectivity index (χ1v) is 9.54. The number of nitrogens with one attached hydrogen (secondary N) is 1. The van der Waals surface area contributed by atoms with Crippen molar-refractivity contribution in [3.05, 3.63) is 80.7 Å². The number of aromatic nitrogens is 3. The van der Waals surface area contributed by atoms with Crippen molar-refractivity contribution in [1.82, 2.24) is 14.6 Å². The molecule has 0 unspecified atom stereocenters. The number of nitrogens with zero attached hydrogens (tertiary/aromatic N) is 2. The summed E-state index contributed by atoms with van der Waals surface area (Å²) in [5.41, 5.74) is 4.82. The molecule has 0 spiro atoms. The van der Waals surface area contributed by atoms with Gasteiger partial charge in [0.1, 0.15) is 5.65 Å². The van der Waals surface area contributed by atoms with Crippen LogP contribution in [-0.4, -0.2) is 14.6 Å². The van der Waals surface area contributed by atoms with Crippen LogP contribution in [0.5, 0.6) is 0 Å². The van der Waals surface area contributed by atoms with E-state index >= 15 is 0 Å². The minimum Gasteiger partial charge on any atom is -0.339 e. The third kappa shape index (κ3) is 2.85. The molecule has 1 N–H and O–H groups in total. The molecule has 0 atom stereocenters. The highest BCUT2D eigenvalue weighted by Gasteiger charge is 2.32. The highest BCUT2D eigenvalue weighted by molar-refractivity contribution is 6.36. The SMILES string of the molecule is O=c1cc(-c2ccccc2)[nH]c2c(-c3ccc(Cl)cc3Cl)c(C3CC3)nn12. The summed E-state index contributed by atoms with van der Waals surface area (Å²) in [6.45, 7) is 0. The highest BCUT2D eigenvalue weighted by Crippen LogP contribution is 2.46. The molecule has 2 aromatic heterocycles. The van der Waals surface area contributed by atoms with Crippen molar-refractivity contribution < 1.29 is 0 Å². The second-order valence-corrected chi connectivity index (χ2v) is 7.65.